The summed E-state index contributed by atoms with van der Waals surface area (Å²) in [6.07, 6.45) is 6.97. The summed E-state index contributed by atoms with van der Waals surface area (Å²) in [6, 6.07) is 0.0411. The van der Waals surface area contributed by atoms with E-state index in [1.807, 2.05) is 20.9 Å². The normalized spacial score (nSPS) is 15.1. The second kappa shape index (κ2) is 6.60. The number of hydrogen-bond donors (Lipinski definition) is 1. The Bertz CT molecular complexity index is 283. The lowest BCUT2D eigenvalue weighted by Gasteiger charge is -2.32. The minimum absolute atomic E-state index is 0.0411. The lowest BCUT2D eigenvalue weighted by Crippen LogP contribution is -2.50. The summed E-state index contributed by atoms with van der Waals surface area (Å²) in [6.45, 7) is 5.79. The van der Waals surface area contributed by atoms with Crippen molar-refractivity contribution < 1.29 is 8.42 Å². The minimum Gasteiger partial charge on any atom is -0.315 e. The molecule has 0 amide bonds. The van der Waals surface area contributed by atoms with Crippen LogP contribution in [0.2, 0.25) is 0 Å². The van der Waals surface area contributed by atoms with Gasteiger partial charge < -0.3 is 5.32 Å². The molecule has 0 bridgehead atoms. The third-order valence-electron chi connectivity index (χ3n) is 3.49. The van der Waals surface area contributed by atoms with E-state index in [1.165, 1.54) is 25.5 Å². The van der Waals surface area contributed by atoms with E-state index in [2.05, 4.69) is 12.2 Å². The molecule has 1 atom stereocenters. The number of sulfone groups is 1. The molecule has 0 radical (unpaired) electrons. The molecule has 0 aliphatic rings. The summed E-state index contributed by atoms with van der Waals surface area (Å²) in [5.41, 5.74) is 0. The first-order chi connectivity index (χ1) is 7.27. The van der Waals surface area contributed by atoms with Gasteiger partial charge in [0.2, 0.25) is 0 Å². The first-order valence-corrected chi connectivity index (χ1v) is 8.03. The highest BCUT2D eigenvalue weighted by molar-refractivity contribution is 7.92. The van der Waals surface area contributed by atoms with Gasteiger partial charge in [0.05, 0.1) is 4.75 Å². The monoisotopic (exact) mass is 249 g/mol. The summed E-state index contributed by atoms with van der Waals surface area (Å²) < 4.78 is 22.7. The number of rotatable bonds is 8. The second-order valence-electron chi connectivity index (χ2n) is 5.07. The Morgan fingerprint density at radius 2 is 1.75 bits per heavy atom. The minimum atomic E-state index is -3.02. The van der Waals surface area contributed by atoms with Crippen molar-refractivity contribution in [2.75, 3.05) is 13.3 Å². The van der Waals surface area contributed by atoms with Gasteiger partial charge in [-0.15, -0.1) is 0 Å². The largest absolute Gasteiger partial charge is 0.315 e. The molecule has 1 N–H and O–H groups in total. The van der Waals surface area contributed by atoms with Gasteiger partial charge in [0.15, 0.2) is 9.84 Å². The Morgan fingerprint density at radius 1 is 1.19 bits per heavy atom. The molecule has 0 spiro atoms. The predicted octanol–water partition coefficient (Wildman–Crippen LogP) is 2.37. The van der Waals surface area contributed by atoms with Crippen molar-refractivity contribution in [3.8, 4) is 0 Å². The molecule has 3 nitrogen and oxygen atoms in total. The molecule has 0 aliphatic carbocycles. The molecule has 0 heterocycles. The first-order valence-electron chi connectivity index (χ1n) is 6.14. The zero-order valence-corrected chi connectivity index (χ0v) is 12.2. The molecular weight excluding hydrogens is 222 g/mol. The lowest BCUT2D eigenvalue weighted by atomic mass is 9.97. The van der Waals surface area contributed by atoms with Crippen molar-refractivity contribution in [1.29, 1.82) is 0 Å². The second-order valence-corrected chi connectivity index (χ2v) is 7.66. The molecule has 98 valence electrons. The Labute approximate surface area is 101 Å². The van der Waals surface area contributed by atoms with Crippen molar-refractivity contribution in [3.63, 3.8) is 0 Å². The van der Waals surface area contributed by atoms with Crippen molar-refractivity contribution in [2.24, 2.45) is 0 Å². The van der Waals surface area contributed by atoms with E-state index in [4.69, 9.17) is 0 Å². The van der Waals surface area contributed by atoms with E-state index in [9.17, 15) is 8.42 Å². The van der Waals surface area contributed by atoms with E-state index in [0.717, 1.165) is 12.8 Å². The fraction of sp³-hybridized carbons (Fsp3) is 1.00. The van der Waals surface area contributed by atoms with Crippen LogP contribution in [-0.4, -0.2) is 32.5 Å². The average molecular weight is 249 g/mol. The van der Waals surface area contributed by atoms with Gasteiger partial charge in [-0.25, -0.2) is 8.42 Å². The van der Waals surface area contributed by atoms with Gasteiger partial charge in [0.25, 0.3) is 0 Å². The Morgan fingerprint density at radius 3 is 2.12 bits per heavy atom. The third-order valence-corrected chi connectivity index (χ3v) is 5.69. The van der Waals surface area contributed by atoms with Crippen molar-refractivity contribution in [2.45, 2.75) is 63.7 Å². The highest BCUT2D eigenvalue weighted by Gasteiger charge is 2.37. The van der Waals surface area contributed by atoms with Crippen LogP contribution in [0.5, 0.6) is 0 Å². The highest BCUT2D eigenvalue weighted by Crippen LogP contribution is 2.23. The van der Waals surface area contributed by atoms with E-state index >= 15 is 0 Å². The van der Waals surface area contributed by atoms with Crippen LogP contribution in [-0.2, 0) is 9.84 Å². The summed E-state index contributed by atoms with van der Waals surface area (Å²) in [4.78, 5) is 0. The van der Waals surface area contributed by atoms with Crippen molar-refractivity contribution in [1.82, 2.24) is 5.32 Å². The van der Waals surface area contributed by atoms with Crippen molar-refractivity contribution >= 4 is 9.84 Å². The van der Waals surface area contributed by atoms with Crippen LogP contribution in [0.1, 0.15) is 52.9 Å². The molecule has 0 aromatic heterocycles. The summed E-state index contributed by atoms with van der Waals surface area (Å²) in [7, 11) is -1.17. The van der Waals surface area contributed by atoms with Crippen LogP contribution in [0.15, 0.2) is 0 Å². The molecule has 0 rings (SSSR count). The van der Waals surface area contributed by atoms with Crippen LogP contribution in [0.4, 0.5) is 0 Å². The summed E-state index contributed by atoms with van der Waals surface area (Å²) in [5.74, 6) is 0. The van der Waals surface area contributed by atoms with Gasteiger partial charge in [-0.3, -0.25) is 0 Å². The smallest absolute Gasteiger partial charge is 0.154 e. The molecule has 4 heteroatoms. The molecular formula is C12H27NO2S. The van der Waals surface area contributed by atoms with Gasteiger partial charge in [0, 0.05) is 12.3 Å². The maximum absolute atomic E-state index is 11.7. The Kier molecular flexibility index (Phi) is 6.56. The van der Waals surface area contributed by atoms with Crippen LogP contribution < -0.4 is 5.32 Å². The zero-order valence-electron chi connectivity index (χ0n) is 11.3. The lowest BCUT2D eigenvalue weighted by molar-refractivity contribution is 0.396. The average Bonchev–Trinajstić information content (AvgIpc) is 2.16. The van der Waals surface area contributed by atoms with E-state index in [0.29, 0.717) is 0 Å². The van der Waals surface area contributed by atoms with Crippen LogP contribution in [0.25, 0.3) is 0 Å². The van der Waals surface area contributed by atoms with Gasteiger partial charge in [-0.1, -0.05) is 32.6 Å². The fourth-order valence-electron chi connectivity index (χ4n) is 1.87. The SMILES string of the molecule is CCCCCCC(NC)C(C)(C)S(C)(=O)=O. The molecule has 0 saturated heterocycles. The summed E-state index contributed by atoms with van der Waals surface area (Å²) in [5, 5.41) is 3.15. The molecule has 1 unspecified atom stereocenters. The molecule has 0 aromatic carbocycles. The van der Waals surface area contributed by atoms with Crippen LogP contribution >= 0.6 is 0 Å². The maximum Gasteiger partial charge on any atom is 0.154 e. The Balaban J connectivity index is 4.38. The van der Waals surface area contributed by atoms with E-state index in [-0.39, 0.29) is 6.04 Å². The predicted molar refractivity (Wildman–Crippen MR) is 70.5 cm³/mol. The first kappa shape index (κ1) is 15.9. The van der Waals surface area contributed by atoms with Gasteiger partial charge >= 0.3 is 0 Å². The molecule has 0 aliphatic heterocycles. The highest BCUT2D eigenvalue weighted by atomic mass is 32.2. The summed E-state index contributed by atoms with van der Waals surface area (Å²) >= 11 is 0. The van der Waals surface area contributed by atoms with Crippen LogP contribution in [0.3, 0.4) is 0 Å². The van der Waals surface area contributed by atoms with Crippen LogP contribution in [0, 0.1) is 0 Å². The number of nitrogens with one attached hydrogen (secondary N) is 1. The van der Waals surface area contributed by atoms with Gasteiger partial charge in [-0.2, -0.15) is 0 Å². The molecule has 0 aromatic rings. The van der Waals surface area contributed by atoms with Crippen molar-refractivity contribution in [3.05, 3.63) is 0 Å². The zero-order chi connectivity index (χ0) is 12.8. The van der Waals surface area contributed by atoms with E-state index in [1.54, 1.807) is 0 Å². The molecule has 0 fully saturated rings. The number of hydrogen-bond acceptors (Lipinski definition) is 3. The molecule has 16 heavy (non-hydrogen) atoms. The van der Waals surface area contributed by atoms with Gasteiger partial charge in [0.1, 0.15) is 0 Å². The third kappa shape index (κ3) is 4.42. The molecule has 0 saturated carbocycles. The topological polar surface area (TPSA) is 46.2 Å². The maximum atomic E-state index is 11.7. The fourth-order valence-corrected chi connectivity index (χ4v) is 2.63. The Hall–Kier alpha value is -0.0900. The standard InChI is InChI=1S/C12H27NO2S/c1-6-7-8-9-10-11(13-4)12(2,3)16(5,14)15/h11,13H,6-10H2,1-5H3. The number of unbranched alkanes of at least 4 members (excludes halogenated alkanes) is 3. The van der Waals surface area contributed by atoms with E-state index < -0.39 is 14.6 Å². The quantitative estimate of drug-likeness (QED) is 0.672. The van der Waals surface area contributed by atoms with Gasteiger partial charge in [-0.05, 0) is 27.3 Å².